The number of aromatic amines is 1. The molecule has 1 aromatic heterocycles. The summed E-state index contributed by atoms with van der Waals surface area (Å²) < 4.78 is 4.86. The Bertz CT molecular complexity index is 741. The summed E-state index contributed by atoms with van der Waals surface area (Å²) in [6, 6.07) is 9.40. The number of benzene rings is 1. The number of rotatable bonds is 4. The van der Waals surface area contributed by atoms with Gasteiger partial charge in [0.2, 0.25) is 0 Å². The zero-order valence-corrected chi connectivity index (χ0v) is 12.1. The third-order valence-electron chi connectivity index (χ3n) is 2.71. The quantitative estimate of drug-likeness (QED) is 0.224. The first-order valence-corrected chi connectivity index (χ1v) is 6.44. The monoisotopic (exact) mass is 301 g/mol. The van der Waals surface area contributed by atoms with E-state index in [1.807, 2.05) is 30.3 Å². The molecule has 0 aliphatic rings. The van der Waals surface area contributed by atoms with Gasteiger partial charge in [-0.2, -0.15) is 0 Å². The van der Waals surface area contributed by atoms with Crippen molar-refractivity contribution in [3.8, 4) is 0 Å². The number of H-pyrrole nitrogens is 1. The highest BCUT2D eigenvalue weighted by Crippen LogP contribution is 2.21. The molecule has 0 spiro atoms. The van der Waals surface area contributed by atoms with Gasteiger partial charge < -0.3 is 20.3 Å². The van der Waals surface area contributed by atoms with Crippen molar-refractivity contribution in [2.75, 3.05) is 0 Å². The van der Waals surface area contributed by atoms with Gasteiger partial charge in [0.05, 0.1) is 11.3 Å². The molecule has 3 N–H and O–H groups in total. The lowest BCUT2D eigenvalue weighted by atomic mass is 10.2. The summed E-state index contributed by atoms with van der Waals surface area (Å²) in [4.78, 5) is 29.5. The van der Waals surface area contributed by atoms with Gasteiger partial charge in [-0.3, -0.25) is 4.79 Å². The van der Waals surface area contributed by atoms with Crippen LogP contribution in [0.2, 0.25) is 0 Å². The molecule has 2 aromatic rings. The van der Waals surface area contributed by atoms with E-state index < -0.39 is 11.9 Å². The van der Waals surface area contributed by atoms with Crippen LogP contribution >= 0.6 is 0 Å². The minimum atomic E-state index is -0.605. The molecule has 0 atom stereocenters. The van der Waals surface area contributed by atoms with Crippen molar-refractivity contribution in [3.05, 3.63) is 42.3 Å². The lowest BCUT2D eigenvalue weighted by Gasteiger charge is -2.04. The topological polar surface area (TPSA) is 107 Å². The number of hydrogen-bond acceptors (Lipinski definition) is 5. The fourth-order valence-electron chi connectivity index (χ4n) is 1.78. The van der Waals surface area contributed by atoms with E-state index >= 15 is 0 Å². The van der Waals surface area contributed by atoms with E-state index in [2.05, 4.69) is 15.0 Å². The van der Waals surface area contributed by atoms with Gasteiger partial charge in [-0.25, -0.2) is 4.79 Å². The number of para-hydroxylation sites is 1. The molecule has 0 unspecified atom stereocenters. The summed E-state index contributed by atoms with van der Waals surface area (Å²) >= 11 is 0. The number of aromatic nitrogens is 1. The molecule has 0 saturated heterocycles. The molecule has 7 nitrogen and oxygen atoms in total. The Balaban J connectivity index is 2.43. The number of carbonyl (C=O) groups excluding carboxylic acids is 2. The first kappa shape index (κ1) is 15.3. The summed E-state index contributed by atoms with van der Waals surface area (Å²) in [5.74, 6) is -1.21. The molecule has 0 aliphatic heterocycles. The smallest absolute Gasteiger partial charge is 0.332 e. The third-order valence-corrected chi connectivity index (χ3v) is 2.71. The molecule has 0 saturated carbocycles. The maximum absolute atomic E-state index is 11.0. The van der Waals surface area contributed by atoms with Crippen LogP contribution in [-0.2, 0) is 19.2 Å². The molecular weight excluding hydrogens is 286 g/mol. The third kappa shape index (κ3) is 3.72. The zero-order valence-electron chi connectivity index (χ0n) is 12.1. The molecule has 0 aliphatic carbocycles. The number of amidine groups is 1. The molecule has 0 radical (unpaired) electrons. The Labute approximate surface area is 126 Å². The first-order valence-electron chi connectivity index (χ1n) is 6.44. The van der Waals surface area contributed by atoms with Gasteiger partial charge in [-0.15, -0.1) is 0 Å². The predicted octanol–water partition coefficient (Wildman–Crippen LogP) is 1.91. The highest BCUT2D eigenvalue weighted by molar-refractivity contribution is 6.21. The number of ether oxygens (including phenoxy) is 1. The number of nitrogens with two attached hydrogens (primary N) is 1. The molecule has 7 heteroatoms. The van der Waals surface area contributed by atoms with Crippen LogP contribution in [0.1, 0.15) is 19.5 Å². The average Bonchev–Trinajstić information content (AvgIpc) is 2.88. The number of nitrogens with one attached hydrogen (secondary N) is 1. The molecule has 1 aromatic carbocycles. The van der Waals surface area contributed by atoms with E-state index in [9.17, 15) is 9.59 Å². The number of hydrogen-bond donors (Lipinski definition) is 2. The Morgan fingerprint density at radius 2 is 1.95 bits per heavy atom. The van der Waals surface area contributed by atoms with Gasteiger partial charge in [0.25, 0.3) is 0 Å². The Hall–Kier alpha value is -3.09. The number of oxime groups is 1. The van der Waals surface area contributed by atoms with E-state index in [0.717, 1.165) is 17.2 Å². The largest absolute Gasteiger partial charge is 0.434 e. The summed E-state index contributed by atoms with van der Waals surface area (Å²) in [6.45, 7) is 2.47. The lowest BCUT2D eigenvalue weighted by Crippen LogP contribution is -2.16. The minimum Gasteiger partial charge on any atom is -0.434 e. The molecule has 22 heavy (non-hydrogen) atoms. The van der Waals surface area contributed by atoms with Crippen LogP contribution in [0, 0.1) is 0 Å². The van der Waals surface area contributed by atoms with Crippen molar-refractivity contribution in [2.24, 2.45) is 10.9 Å². The average molecular weight is 301 g/mol. The van der Waals surface area contributed by atoms with Crippen LogP contribution in [0.15, 0.2) is 41.7 Å². The van der Waals surface area contributed by atoms with Gasteiger partial charge in [-0.05, 0) is 12.1 Å². The van der Waals surface area contributed by atoms with E-state index in [4.69, 9.17) is 10.5 Å². The standard InChI is InChI=1S/C15H15N3O4/c1-9(19)21-8-12(15(16)18-22-10(2)20)14-7-11-5-3-4-6-13(11)17-14/h3-8,17H,1-2H3,(H2,16,18)/b12-8+. The number of carbonyl (C=O) groups is 2. The van der Waals surface area contributed by atoms with Crippen LogP contribution in [0.3, 0.4) is 0 Å². The maximum atomic E-state index is 11.0. The summed E-state index contributed by atoms with van der Waals surface area (Å²) in [6.07, 6.45) is 1.16. The molecule has 1 heterocycles. The van der Waals surface area contributed by atoms with Crippen LogP contribution < -0.4 is 5.73 Å². The van der Waals surface area contributed by atoms with Crippen molar-refractivity contribution in [1.82, 2.24) is 4.98 Å². The van der Waals surface area contributed by atoms with Gasteiger partial charge >= 0.3 is 11.9 Å². The van der Waals surface area contributed by atoms with Gasteiger partial charge in [0.1, 0.15) is 6.26 Å². The highest BCUT2D eigenvalue weighted by Gasteiger charge is 2.12. The molecule has 0 amide bonds. The SMILES string of the molecule is CC(=O)O/C=C(/C(N)=N/OC(C)=O)c1cc2ccccc2[nH]1. The molecule has 2 rings (SSSR count). The fourth-order valence-corrected chi connectivity index (χ4v) is 1.78. The highest BCUT2D eigenvalue weighted by atomic mass is 16.7. The Kier molecular flexibility index (Phi) is 4.57. The summed E-state index contributed by atoms with van der Waals surface area (Å²) in [5.41, 5.74) is 7.56. The molecular formula is C15H15N3O4. The van der Waals surface area contributed by atoms with Crippen molar-refractivity contribution in [1.29, 1.82) is 0 Å². The first-order chi connectivity index (χ1) is 10.5. The number of nitrogens with zero attached hydrogens (tertiary/aromatic N) is 1. The normalized spacial score (nSPS) is 12.3. The second kappa shape index (κ2) is 6.57. The van der Waals surface area contributed by atoms with Gasteiger partial charge in [0.15, 0.2) is 5.84 Å². The second-order valence-electron chi connectivity index (χ2n) is 4.47. The Morgan fingerprint density at radius 1 is 1.23 bits per heavy atom. The van der Waals surface area contributed by atoms with E-state index in [1.54, 1.807) is 0 Å². The molecule has 0 bridgehead atoms. The second-order valence-corrected chi connectivity index (χ2v) is 4.47. The molecule has 114 valence electrons. The lowest BCUT2D eigenvalue weighted by molar-refractivity contribution is -0.141. The van der Waals surface area contributed by atoms with Gasteiger partial charge in [-0.1, -0.05) is 23.4 Å². The van der Waals surface area contributed by atoms with Crippen molar-refractivity contribution < 1.29 is 19.2 Å². The number of fused-ring (bicyclic) bond motifs is 1. The maximum Gasteiger partial charge on any atom is 0.332 e. The van der Waals surface area contributed by atoms with Crippen molar-refractivity contribution in [3.63, 3.8) is 0 Å². The van der Waals surface area contributed by atoms with Gasteiger partial charge in [0, 0.05) is 24.8 Å². The summed E-state index contributed by atoms with van der Waals surface area (Å²) in [5, 5.41) is 4.46. The van der Waals surface area contributed by atoms with E-state index in [-0.39, 0.29) is 5.84 Å². The number of esters is 1. The van der Waals surface area contributed by atoms with Crippen LogP contribution in [0.4, 0.5) is 0 Å². The Morgan fingerprint density at radius 3 is 2.59 bits per heavy atom. The van der Waals surface area contributed by atoms with E-state index in [1.165, 1.54) is 13.8 Å². The summed E-state index contributed by atoms with van der Waals surface area (Å²) in [7, 11) is 0. The molecule has 0 fully saturated rings. The van der Waals surface area contributed by atoms with Crippen molar-refractivity contribution in [2.45, 2.75) is 13.8 Å². The zero-order chi connectivity index (χ0) is 16.1. The van der Waals surface area contributed by atoms with Crippen LogP contribution in [0.25, 0.3) is 16.5 Å². The fraction of sp³-hybridized carbons (Fsp3) is 0.133. The van der Waals surface area contributed by atoms with E-state index in [0.29, 0.717) is 11.3 Å². The van der Waals surface area contributed by atoms with Crippen LogP contribution in [-0.4, -0.2) is 22.8 Å². The minimum absolute atomic E-state index is 0.0944. The van der Waals surface area contributed by atoms with Crippen molar-refractivity contribution >= 4 is 34.3 Å². The predicted molar refractivity (Wildman–Crippen MR) is 81.4 cm³/mol. The van der Waals surface area contributed by atoms with Crippen LogP contribution in [0.5, 0.6) is 0 Å².